The quantitative estimate of drug-likeness (QED) is 0.804. The summed E-state index contributed by atoms with van der Waals surface area (Å²) in [5.41, 5.74) is 2.87. The molecule has 1 nitrogen and oxygen atoms in total. The molecule has 2 aliphatic rings. The zero-order valence-corrected chi connectivity index (χ0v) is 11.3. The molecule has 3 atom stereocenters. The number of anilines is 1. The van der Waals surface area contributed by atoms with Crippen LogP contribution in [-0.2, 0) is 0 Å². The van der Waals surface area contributed by atoms with Gasteiger partial charge < -0.3 is 5.32 Å². The molecule has 1 fully saturated rings. The second-order valence-electron chi connectivity index (χ2n) is 5.26. The second-order valence-corrected chi connectivity index (χ2v) is 6.12. The Labute approximate surface area is 106 Å². The van der Waals surface area contributed by atoms with Crippen molar-refractivity contribution >= 4 is 21.6 Å². The topological polar surface area (TPSA) is 12.0 Å². The van der Waals surface area contributed by atoms with Crippen molar-refractivity contribution in [2.24, 2.45) is 11.8 Å². The number of rotatable bonds is 1. The molecule has 1 saturated carbocycles. The van der Waals surface area contributed by atoms with Crippen molar-refractivity contribution in [3.63, 3.8) is 0 Å². The van der Waals surface area contributed by atoms with Gasteiger partial charge in [-0.3, -0.25) is 0 Å². The lowest BCUT2D eigenvalue weighted by Crippen LogP contribution is -2.17. The van der Waals surface area contributed by atoms with Crippen LogP contribution in [0.2, 0.25) is 0 Å². The maximum absolute atomic E-state index is 3.64. The summed E-state index contributed by atoms with van der Waals surface area (Å²) in [5, 5.41) is 3.57. The summed E-state index contributed by atoms with van der Waals surface area (Å²) in [6.45, 7) is 3.56. The first-order valence-corrected chi connectivity index (χ1v) is 7.09. The largest absolute Gasteiger partial charge is 0.383 e. The molecule has 1 aromatic rings. The van der Waals surface area contributed by atoms with Crippen molar-refractivity contribution in [2.75, 3.05) is 11.9 Å². The minimum absolute atomic E-state index is 0.741. The van der Waals surface area contributed by atoms with Crippen LogP contribution in [0.15, 0.2) is 22.7 Å². The molecule has 0 bridgehead atoms. The molecule has 0 aromatic heterocycles. The van der Waals surface area contributed by atoms with Crippen molar-refractivity contribution < 1.29 is 0 Å². The summed E-state index contributed by atoms with van der Waals surface area (Å²) < 4.78 is 1.22. The van der Waals surface area contributed by atoms with Crippen LogP contribution in [0, 0.1) is 11.8 Å². The minimum Gasteiger partial charge on any atom is -0.383 e. The number of benzene rings is 1. The van der Waals surface area contributed by atoms with E-state index >= 15 is 0 Å². The average molecular weight is 280 g/mol. The van der Waals surface area contributed by atoms with Crippen molar-refractivity contribution in [1.29, 1.82) is 0 Å². The number of nitrogens with one attached hydrogen (secondary N) is 1. The van der Waals surface area contributed by atoms with E-state index in [-0.39, 0.29) is 0 Å². The Hall–Kier alpha value is -0.500. The fourth-order valence-corrected chi connectivity index (χ4v) is 4.03. The summed E-state index contributed by atoms with van der Waals surface area (Å²) in [6.07, 6.45) is 4.26. The van der Waals surface area contributed by atoms with Gasteiger partial charge in [0.25, 0.3) is 0 Å². The maximum Gasteiger partial charge on any atom is 0.0521 e. The molecule has 1 aliphatic heterocycles. The third-order valence-electron chi connectivity index (χ3n) is 4.39. The fraction of sp³-hybridized carbons (Fsp3) is 0.571. The number of fused-ring (bicyclic) bond motifs is 1. The lowest BCUT2D eigenvalue weighted by atomic mass is 9.81. The standard InChI is InChI=1S/C14H18BrN/c1-9-4-2-5-10(9)12-8-16-14-11(12)6-3-7-13(14)15/h3,6-7,9-10,12,16H,2,4-5,8H2,1H3. The molecule has 16 heavy (non-hydrogen) atoms. The Bertz CT molecular complexity index is 402. The van der Waals surface area contributed by atoms with Gasteiger partial charge in [-0.15, -0.1) is 0 Å². The molecule has 1 heterocycles. The molecule has 3 unspecified atom stereocenters. The van der Waals surface area contributed by atoms with Crippen molar-refractivity contribution in [3.05, 3.63) is 28.2 Å². The molecule has 0 amide bonds. The lowest BCUT2D eigenvalue weighted by Gasteiger charge is -2.22. The van der Waals surface area contributed by atoms with Gasteiger partial charge in [-0.2, -0.15) is 0 Å². The summed E-state index contributed by atoms with van der Waals surface area (Å²) >= 11 is 3.64. The van der Waals surface area contributed by atoms with Gasteiger partial charge in [0.1, 0.15) is 0 Å². The van der Waals surface area contributed by atoms with Crippen LogP contribution in [0.1, 0.15) is 37.7 Å². The highest BCUT2D eigenvalue weighted by atomic mass is 79.9. The molecule has 0 spiro atoms. The van der Waals surface area contributed by atoms with Crippen LogP contribution in [0.3, 0.4) is 0 Å². The minimum atomic E-state index is 0.741. The van der Waals surface area contributed by atoms with E-state index in [0.717, 1.165) is 24.3 Å². The lowest BCUT2D eigenvalue weighted by molar-refractivity contribution is 0.361. The van der Waals surface area contributed by atoms with E-state index in [0.29, 0.717) is 0 Å². The summed E-state index contributed by atoms with van der Waals surface area (Å²) in [4.78, 5) is 0. The number of hydrogen-bond acceptors (Lipinski definition) is 1. The molecular formula is C14H18BrN. The SMILES string of the molecule is CC1CCCC1C1CNc2c(Br)cccc21. The number of para-hydroxylation sites is 1. The van der Waals surface area contributed by atoms with Gasteiger partial charge in [0, 0.05) is 16.9 Å². The molecule has 0 saturated heterocycles. The predicted molar refractivity (Wildman–Crippen MR) is 71.9 cm³/mol. The highest BCUT2D eigenvalue weighted by Crippen LogP contribution is 2.47. The van der Waals surface area contributed by atoms with Crippen LogP contribution < -0.4 is 5.32 Å². The van der Waals surface area contributed by atoms with Crippen LogP contribution in [-0.4, -0.2) is 6.54 Å². The molecule has 0 radical (unpaired) electrons. The molecule has 86 valence electrons. The first kappa shape index (κ1) is 10.6. The first-order valence-electron chi connectivity index (χ1n) is 6.29. The zero-order chi connectivity index (χ0) is 11.1. The second kappa shape index (κ2) is 4.06. The first-order chi connectivity index (χ1) is 7.77. The maximum atomic E-state index is 3.64. The summed E-state index contributed by atoms with van der Waals surface area (Å²) in [6, 6.07) is 6.60. The van der Waals surface area contributed by atoms with Crippen molar-refractivity contribution in [3.8, 4) is 0 Å². The zero-order valence-electron chi connectivity index (χ0n) is 9.67. The van der Waals surface area contributed by atoms with E-state index in [4.69, 9.17) is 0 Å². The van der Waals surface area contributed by atoms with Crippen LogP contribution in [0.4, 0.5) is 5.69 Å². The van der Waals surface area contributed by atoms with E-state index < -0.39 is 0 Å². The highest BCUT2D eigenvalue weighted by Gasteiger charge is 2.35. The van der Waals surface area contributed by atoms with E-state index in [1.165, 1.54) is 35.0 Å². The van der Waals surface area contributed by atoms with Gasteiger partial charge in [-0.25, -0.2) is 0 Å². The Balaban J connectivity index is 1.94. The monoisotopic (exact) mass is 279 g/mol. The highest BCUT2D eigenvalue weighted by molar-refractivity contribution is 9.10. The summed E-state index contributed by atoms with van der Waals surface area (Å²) in [5.74, 6) is 2.53. The van der Waals surface area contributed by atoms with E-state index in [1.54, 1.807) is 0 Å². The fourth-order valence-electron chi connectivity index (χ4n) is 3.51. The van der Waals surface area contributed by atoms with Crippen LogP contribution in [0.25, 0.3) is 0 Å². The van der Waals surface area contributed by atoms with Gasteiger partial charge in [0.15, 0.2) is 0 Å². The normalized spacial score (nSPS) is 32.5. The van der Waals surface area contributed by atoms with Gasteiger partial charge in [0.2, 0.25) is 0 Å². The Morgan fingerprint density at radius 3 is 2.94 bits per heavy atom. The third kappa shape index (κ3) is 1.58. The number of halogens is 1. The predicted octanol–water partition coefficient (Wildman–Crippen LogP) is 4.39. The Kier molecular flexibility index (Phi) is 2.70. The van der Waals surface area contributed by atoms with Crippen LogP contribution in [0.5, 0.6) is 0 Å². The van der Waals surface area contributed by atoms with Crippen LogP contribution >= 0.6 is 15.9 Å². The van der Waals surface area contributed by atoms with E-state index in [1.807, 2.05) is 0 Å². The van der Waals surface area contributed by atoms with E-state index in [9.17, 15) is 0 Å². The van der Waals surface area contributed by atoms with E-state index in [2.05, 4.69) is 46.4 Å². The molecule has 1 aromatic carbocycles. The number of hydrogen-bond donors (Lipinski definition) is 1. The third-order valence-corrected chi connectivity index (χ3v) is 5.05. The molecular weight excluding hydrogens is 262 g/mol. The molecule has 1 N–H and O–H groups in total. The van der Waals surface area contributed by atoms with Gasteiger partial charge >= 0.3 is 0 Å². The molecule has 2 heteroatoms. The van der Waals surface area contributed by atoms with Gasteiger partial charge in [-0.1, -0.05) is 31.9 Å². The smallest absolute Gasteiger partial charge is 0.0521 e. The van der Waals surface area contributed by atoms with Gasteiger partial charge in [0.05, 0.1) is 5.69 Å². The summed E-state index contributed by atoms with van der Waals surface area (Å²) in [7, 11) is 0. The average Bonchev–Trinajstić information content (AvgIpc) is 2.84. The molecule has 3 rings (SSSR count). The Morgan fingerprint density at radius 1 is 1.31 bits per heavy atom. The van der Waals surface area contributed by atoms with Crippen molar-refractivity contribution in [1.82, 2.24) is 0 Å². The Morgan fingerprint density at radius 2 is 2.19 bits per heavy atom. The van der Waals surface area contributed by atoms with Gasteiger partial charge in [-0.05, 0) is 45.8 Å². The molecule has 1 aliphatic carbocycles. The van der Waals surface area contributed by atoms with Crippen molar-refractivity contribution in [2.45, 2.75) is 32.1 Å².